The first kappa shape index (κ1) is 9.74. The minimum Gasteiger partial charge on any atom is -0.506 e. The van der Waals surface area contributed by atoms with Gasteiger partial charge >= 0.3 is 0 Å². The summed E-state index contributed by atoms with van der Waals surface area (Å²) in [6.07, 6.45) is 0.392. The highest BCUT2D eigenvalue weighted by Gasteiger charge is 2.09. The quantitative estimate of drug-likeness (QED) is 0.821. The van der Waals surface area contributed by atoms with Crippen LogP contribution in [-0.4, -0.2) is 5.11 Å². The van der Waals surface area contributed by atoms with E-state index in [-0.39, 0.29) is 0 Å². The molecule has 70 valence electrons. The highest BCUT2D eigenvalue weighted by atomic mass is 127. The van der Waals surface area contributed by atoms with E-state index >= 15 is 0 Å². The Morgan fingerprint density at radius 3 is 3.00 bits per heavy atom. The van der Waals surface area contributed by atoms with Crippen molar-refractivity contribution in [3.05, 3.63) is 26.6 Å². The molecule has 2 nitrogen and oxygen atoms in total. The van der Waals surface area contributed by atoms with E-state index in [1.807, 2.05) is 12.1 Å². The fourth-order valence-corrected chi connectivity index (χ4v) is 3.29. The van der Waals surface area contributed by atoms with Crippen molar-refractivity contribution >= 4 is 44.0 Å². The number of aromatic hydroxyl groups is 1. The van der Waals surface area contributed by atoms with Gasteiger partial charge in [0.15, 0.2) is 0 Å². The van der Waals surface area contributed by atoms with Crippen LogP contribution in [0.5, 0.6) is 5.75 Å². The van der Waals surface area contributed by atoms with Crippen LogP contribution in [0.3, 0.4) is 0 Å². The van der Waals surface area contributed by atoms with Gasteiger partial charge in [0.1, 0.15) is 5.75 Å². The van der Waals surface area contributed by atoms with Gasteiger partial charge in [-0.3, -0.25) is 0 Å². The molecule has 2 aromatic rings. The van der Waals surface area contributed by atoms with Crippen molar-refractivity contribution in [2.24, 2.45) is 0 Å². The lowest BCUT2D eigenvalue weighted by atomic mass is 10.1. The maximum atomic E-state index is 9.61. The minimum atomic E-state index is 0.314. The Hall–Kier alpha value is -0.800. The molecule has 1 aromatic carbocycles. The van der Waals surface area contributed by atoms with Crippen LogP contribution in [0.25, 0.3) is 10.1 Å². The molecule has 0 aliphatic carbocycles. The van der Waals surface area contributed by atoms with Crippen LogP contribution in [0.1, 0.15) is 5.56 Å². The van der Waals surface area contributed by atoms with Crippen molar-refractivity contribution in [1.82, 2.24) is 0 Å². The van der Waals surface area contributed by atoms with E-state index in [4.69, 9.17) is 5.26 Å². The van der Waals surface area contributed by atoms with Crippen LogP contribution >= 0.6 is 33.9 Å². The van der Waals surface area contributed by atoms with Crippen LogP contribution < -0.4 is 0 Å². The fraction of sp³-hybridized carbons (Fsp3) is 0.100. The summed E-state index contributed by atoms with van der Waals surface area (Å²) in [5.74, 6) is 0.314. The Labute approximate surface area is 98.9 Å². The van der Waals surface area contributed by atoms with Gasteiger partial charge < -0.3 is 5.11 Å². The van der Waals surface area contributed by atoms with Crippen molar-refractivity contribution in [3.63, 3.8) is 0 Å². The summed E-state index contributed by atoms with van der Waals surface area (Å²) in [4.78, 5) is 0. The average molecular weight is 315 g/mol. The Balaban J connectivity index is 2.74. The molecular formula is C10H6INOS. The van der Waals surface area contributed by atoms with Gasteiger partial charge in [-0.25, -0.2) is 0 Å². The normalized spacial score (nSPS) is 10.3. The monoisotopic (exact) mass is 315 g/mol. The number of rotatable bonds is 1. The van der Waals surface area contributed by atoms with Gasteiger partial charge in [-0.15, -0.1) is 11.3 Å². The van der Waals surface area contributed by atoms with Gasteiger partial charge in [0, 0.05) is 19.0 Å². The molecule has 0 amide bonds. The maximum absolute atomic E-state index is 9.61. The third kappa shape index (κ3) is 1.47. The second kappa shape index (κ2) is 3.75. The van der Waals surface area contributed by atoms with Crippen LogP contribution in [0.15, 0.2) is 17.5 Å². The molecule has 0 fully saturated rings. The second-order valence-electron chi connectivity index (χ2n) is 2.87. The van der Waals surface area contributed by atoms with Gasteiger partial charge in [0.25, 0.3) is 0 Å². The van der Waals surface area contributed by atoms with E-state index in [1.165, 1.54) is 11.3 Å². The summed E-state index contributed by atoms with van der Waals surface area (Å²) in [6, 6.07) is 6.02. The molecule has 0 atom stereocenters. The Morgan fingerprint density at radius 1 is 1.50 bits per heavy atom. The standard InChI is InChI=1S/C10H6INOS/c11-10-6(3-4-12)1-2-8-9(10)7(13)5-14-8/h1-2,5,13H,3H2. The fourth-order valence-electron chi connectivity index (χ4n) is 1.34. The zero-order valence-corrected chi connectivity index (χ0v) is 10.1. The molecule has 0 unspecified atom stereocenters. The number of fused-ring (bicyclic) bond motifs is 1. The summed E-state index contributed by atoms with van der Waals surface area (Å²) in [7, 11) is 0. The van der Waals surface area contributed by atoms with Gasteiger partial charge in [0.2, 0.25) is 0 Å². The van der Waals surface area contributed by atoms with Gasteiger partial charge in [-0.05, 0) is 34.2 Å². The SMILES string of the molecule is N#CCc1ccc2scc(O)c2c1I. The largest absolute Gasteiger partial charge is 0.506 e. The maximum Gasteiger partial charge on any atom is 0.135 e. The van der Waals surface area contributed by atoms with Crippen LogP contribution in [0.4, 0.5) is 0 Å². The third-order valence-electron chi connectivity index (χ3n) is 2.01. The number of thiophene rings is 1. The highest BCUT2D eigenvalue weighted by Crippen LogP contribution is 2.36. The van der Waals surface area contributed by atoms with Gasteiger partial charge in [-0.1, -0.05) is 6.07 Å². The molecule has 2 rings (SSSR count). The Kier molecular flexibility index (Phi) is 2.61. The Morgan fingerprint density at radius 2 is 2.29 bits per heavy atom. The lowest BCUT2D eigenvalue weighted by Gasteiger charge is -2.01. The smallest absolute Gasteiger partial charge is 0.135 e. The number of nitrogens with zero attached hydrogens (tertiary/aromatic N) is 1. The zero-order valence-electron chi connectivity index (χ0n) is 7.12. The van der Waals surface area contributed by atoms with Crippen molar-refractivity contribution in [2.75, 3.05) is 0 Å². The topological polar surface area (TPSA) is 44.0 Å². The molecule has 0 aliphatic heterocycles. The highest BCUT2D eigenvalue weighted by molar-refractivity contribution is 14.1. The molecule has 1 N–H and O–H groups in total. The number of hydrogen-bond donors (Lipinski definition) is 1. The summed E-state index contributed by atoms with van der Waals surface area (Å²) in [5, 5.41) is 20.8. The lowest BCUT2D eigenvalue weighted by molar-refractivity contribution is 0.483. The molecule has 4 heteroatoms. The van der Waals surface area contributed by atoms with Gasteiger partial charge in [0.05, 0.1) is 12.5 Å². The number of nitriles is 1. The predicted molar refractivity (Wildman–Crippen MR) is 65.5 cm³/mol. The van der Waals surface area contributed by atoms with Crippen LogP contribution in [-0.2, 0) is 6.42 Å². The van der Waals surface area contributed by atoms with E-state index in [0.29, 0.717) is 12.2 Å². The molecule has 0 radical (unpaired) electrons. The van der Waals surface area contributed by atoms with Gasteiger partial charge in [-0.2, -0.15) is 5.26 Å². The lowest BCUT2D eigenvalue weighted by Crippen LogP contribution is -1.86. The summed E-state index contributed by atoms with van der Waals surface area (Å²) >= 11 is 3.70. The zero-order chi connectivity index (χ0) is 10.1. The first-order valence-corrected chi connectivity index (χ1v) is 5.94. The molecule has 0 saturated carbocycles. The first-order chi connectivity index (χ1) is 6.74. The molecule has 0 bridgehead atoms. The molecule has 1 aromatic heterocycles. The summed E-state index contributed by atoms with van der Waals surface area (Å²) < 4.78 is 2.05. The predicted octanol–water partition coefficient (Wildman–Crippen LogP) is 3.28. The number of hydrogen-bond acceptors (Lipinski definition) is 3. The molecule has 0 aliphatic rings. The van der Waals surface area contributed by atoms with Crippen LogP contribution in [0.2, 0.25) is 0 Å². The van der Waals surface area contributed by atoms with Crippen molar-refractivity contribution < 1.29 is 5.11 Å². The van der Waals surface area contributed by atoms with E-state index < -0.39 is 0 Å². The van der Waals surface area contributed by atoms with E-state index in [1.54, 1.807) is 5.38 Å². The average Bonchev–Trinajstić information content (AvgIpc) is 2.54. The molecule has 0 spiro atoms. The van der Waals surface area contributed by atoms with E-state index in [0.717, 1.165) is 19.2 Å². The third-order valence-corrected chi connectivity index (χ3v) is 4.17. The second-order valence-corrected chi connectivity index (χ2v) is 4.86. The molecule has 14 heavy (non-hydrogen) atoms. The summed E-state index contributed by atoms with van der Waals surface area (Å²) in [6.45, 7) is 0. The Bertz CT molecular complexity index is 527. The number of halogens is 1. The molecular weight excluding hydrogens is 309 g/mol. The summed E-state index contributed by atoms with van der Waals surface area (Å²) in [5.41, 5.74) is 0.981. The van der Waals surface area contributed by atoms with Crippen molar-refractivity contribution in [1.29, 1.82) is 5.26 Å². The molecule has 0 saturated heterocycles. The van der Waals surface area contributed by atoms with Crippen LogP contribution in [0, 0.1) is 14.9 Å². The number of benzene rings is 1. The van der Waals surface area contributed by atoms with Crippen molar-refractivity contribution in [2.45, 2.75) is 6.42 Å². The van der Waals surface area contributed by atoms with Crippen molar-refractivity contribution in [3.8, 4) is 11.8 Å². The first-order valence-electron chi connectivity index (χ1n) is 3.98. The minimum absolute atomic E-state index is 0.314. The van der Waals surface area contributed by atoms with E-state index in [9.17, 15) is 5.11 Å². The molecule has 1 heterocycles. The van der Waals surface area contributed by atoms with E-state index in [2.05, 4.69) is 28.7 Å².